The molecule has 0 aliphatic heterocycles. The fraction of sp³-hybridized carbons (Fsp3) is 0.300. The second-order valence-corrected chi connectivity index (χ2v) is 3.19. The minimum absolute atomic E-state index is 0.507. The number of nitrogens with one attached hydrogen (secondary N) is 1. The van der Waals surface area contributed by atoms with Crippen molar-refractivity contribution in [3.8, 4) is 0 Å². The van der Waals surface area contributed by atoms with Crippen molar-refractivity contribution in [2.24, 2.45) is 0 Å². The Balaban J connectivity index is 2.50. The normalized spacial score (nSPS) is 9.69. The summed E-state index contributed by atoms with van der Waals surface area (Å²) in [4.78, 5) is 4.09. The van der Waals surface area contributed by atoms with Crippen LogP contribution in [0.1, 0.15) is 13.3 Å². The second-order valence-electron chi connectivity index (χ2n) is 2.80. The Bertz CT molecular complexity index is 297. The SMILES string of the molecule is C=C(CC)CNc1cccc(Cl)n1. The van der Waals surface area contributed by atoms with Gasteiger partial charge in [0, 0.05) is 6.54 Å². The summed E-state index contributed by atoms with van der Waals surface area (Å²) in [5, 5.41) is 3.65. The maximum absolute atomic E-state index is 5.72. The van der Waals surface area contributed by atoms with E-state index in [1.165, 1.54) is 0 Å². The zero-order valence-electron chi connectivity index (χ0n) is 7.68. The molecular formula is C10H13ClN2. The molecule has 13 heavy (non-hydrogen) atoms. The number of halogens is 1. The molecule has 1 aromatic heterocycles. The van der Waals surface area contributed by atoms with Crippen molar-refractivity contribution in [3.05, 3.63) is 35.5 Å². The summed E-state index contributed by atoms with van der Waals surface area (Å²) in [7, 11) is 0. The third kappa shape index (κ3) is 3.47. The first-order valence-electron chi connectivity index (χ1n) is 4.25. The lowest BCUT2D eigenvalue weighted by atomic mass is 10.2. The van der Waals surface area contributed by atoms with E-state index < -0.39 is 0 Å². The van der Waals surface area contributed by atoms with Gasteiger partial charge in [0.25, 0.3) is 0 Å². The highest BCUT2D eigenvalue weighted by Gasteiger charge is 1.94. The topological polar surface area (TPSA) is 24.9 Å². The molecule has 0 saturated heterocycles. The van der Waals surface area contributed by atoms with Crippen LogP contribution in [0.4, 0.5) is 5.82 Å². The van der Waals surface area contributed by atoms with Crippen molar-refractivity contribution in [2.45, 2.75) is 13.3 Å². The highest BCUT2D eigenvalue weighted by Crippen LogP contribution is 2.09. The minimum Gasteiger partial charge on any atom is -0.366 e. The van der Waals surface area contributed by atoms with Crippen molar-refractivity contribution in [2.75, 3.05) is 11.9 Å². The summed E-state index contributed by atoms with van der Waals surface area (Å²) in [6, 6.07) is 5.50. The molecule has 0 aliphatic rings. The number of hydrogen-bond donors (Lipinski definition) is 1. The predicted octanol–water partition coefficient (Wildman–Crippen LogP) is 3.11. The van der Waals surface area contributed by atoms with Gasteiger partial charge in [-0.2, -0.15) is 0 Å². The monoisotopic (exact) mass is 196 g/mol. The Kier molecular flexibility index (Phi) is 3.77. The Morgan fingerprint density at radius 1 is 1.62 bits per heavy atom. The van der Waals surface area contributed by atoms with E-state index in [1.807, 2.05) is 12.1 Å². The molecule has 0 fully saturated rings. The van der Waals surface area contributed by atoms with E-state index in [0.29, 0.717) is 5.15 Å². The van der Waals surface area contributed by atoms with E-state index in [0.717, 1.165) is 24.4 Å². The van der Waals surface area contributed by atoms with Gasteiger partial charge >= 0.3 is 0 Å². The van der Waals surface area contributed by atoms with Gasteiger partial charge in [-0.1, -0.05) is 36.7 Å². The van der Waals surface area contributed by atoms with Gasteiger partial charge in [0.15, 0.2) is 0 Å². The largest absolute Gasteiger partial charge is 0.366 e. The smallest absolute Gasteiger partial charge is 0.131 e. The van der Waals surface area contributed by atoms with E-state index in [1.54, 1.807) is 6.07 Å². The molecule has 3 heteroatoms. The quantitative estimate of drug-likeness (QED) is 0.591. The lowest BCUT2D eigenvalue weighted by Crippen LogP contribution is -2.04. The molecule has 2 nitrogen and oxygen atoms in total. The predicted molar refractivity (Wildman–Crippen MR) is 57.2 cm³/mol. The maximum Gasteiger partial charge on any atom is 0.131 e. The number of aromatic nitrogens is 1. The zero-order valence-corrected chi connectivity index (χ0v) is 8.43. The first-order valence-corrected chi connectivity index (χ1v) is 4.63. The fourth-order valence-electron chi connectivity index (χ4n) is 0.847. The van der Waals surface area contributed by atoms with Crippen LogP contribution in [-0.4, -0.2) is 11.5 Å². The summed E-state index contributed by atoms with van der Waals surface area (Å²) < 4.78 is 0. The Labute approximate surface area is 83.6 Å². The molecule has 0 amide bonds. The van der Waals surface area contributed by atoms with E-state index in [2.05, 4.69) is 23.8 Å². The molecule has 1 N–H and O–H groups in total. The molecule has 0 bridgehead atoms. The van der Waals surface area contributed by atoms with Gasteiger partial charge in [0.05, 0.1) is 0 Å². The summed E-state index contributed by atoms with van der Waals surface area (Å²) in [5.74, 6) is 0.794. The van der Waals surface area contributed by atoms with Gasteiger partial charge in [-0.05, 0) is 18.6 Å². The highest BCUT2D eigenvalue weighted by atomic mass is 35.5. The standard InChI is InChI=1S/C10H13ClN2/c1-3-8(2)7-12-10-6-4-5-9(11)13-10/h4-6H,2-3,7H2,1H3,(H,12,13). The molecule has 1 rings (SSSR count). The number of nitrogens with zero attached hydrogens (tertiary/aromatic N) is 1. The first kappa shape index (κ1) is 10.1. The Morgan fingerprint density at radius 2 is 2.38 bits per heavy atom. The van der Waals surface area contributed by atoms with Gasteiger partial charge in [-0.3, -0.25) is 0 Å². The van der Waals surface area contributed by atoms with E-state index >= 15 is 0 Å². The second kappa shape index (κ2) is 4.87. The van der Waals surface area contributed by atoms with Gasteiger partial charge < -0.3 is 5.32 Å². The van der Waals surface area contributed by atoms with Crippen molar-refractivity contribution < 1.29 is 0 Å². The van der Waals surface area contributed by atoms with Crippen LogP contribution in [0, 0.1) is 0 Å². The van der Waals surface area contributed by atoms with Crippen molar-refractivity contribution >= 4 is 17.4 Å². The third-order valence-corrected chi connectivity index (χ3v) is 1.95. The summed E-state index contributed by atoms with van der Waals surface area (Å²) >= 11 is 5.72. The fourth-order valence-corrected chi connectivity index (χ4v) is 1.01. The number of hydrogen-bond acceptors (Lipinski definition) is 2. The molecular weight excluding hydrogens is 184 g/mol. The summed E-state index contributed by atoms with van der Waals surface area (Å²) in [6.45, 7) is 6.72. The molecule has 0 atom stereocenters. The summed E-state index contributed by atoms with van der Waals surface area (Å²) in [6.07, 6.45) is 0.980. The van der Waals surface area contributed by atoms with Gasteiger partial charge in [-0.25, -0.2) is 4.98 Å². The van der Waals surface area contributed by atoms with Gasteiger partial charge in [0.1, 0.15) is 11.0 Å². The highest BCUT2D eigenvalue weighted by molar-refractivity contribution is 6.29. The van der Waals surface area contributed by atoms with Crippen molar-refractivity contribution in [3.63, 3.8) is 0 Å². The summed E-state index contributed by atoms with van der Waals surface area (Å²) in [5.41, 5.74) is 1.15. The molecule has 0 saturated carbocycles. The minimum atomic E-state index is 0.507. The van der Waals surface area contributed by atoms with E-state index in [-0.39, 0.29) is 0 Å². The first-order chi connectivity index (χ1) is 6.22. The molecule has 0 aromatic carbocycles. The average Bonchev–Trinajstić information content (AvgIpc) is 2.14. The van der Waals surface area contributed by atoms with Crippen LogP contribution in [0.5, 0.6) is 0 Å². The van der Waals surface area contributed by atoms with Crippen LogP contribution in [-0.2, 0) is 0 Å². The van der Waals surface area contributed by atoms with Crippen LogP contribution in [0.3, 0.4) is 0 Å². The van der Waals surface area contributed by atoms with Crippen LogP contribution in [0.15, 0.2) is 30.4 Å². The third-order valence-electron chi connectivity index (χ3n) is 1.73. The Morgan fingerprint density at radius 3 is 3.00 bits per heavy atom. The maximum atomic E-state index is 5.72. The molecule has 70 valence electrons. The average molecular weight is 197 g/mol. The molecule has 0 spiro atoms. The molecule has 0 aliphatic carbocycles. The molecule has 1 heterocycles. The number of rotatable bonds is 4. The van der Waals surface area contributed by atoms with Crippen LogP contribution < -0.4 is 5.32 Å². The molecule has 0 unspecified atom stereocenters. The zero-order chi connectivity index (χ0) is 9.68. The molecule has 0 radical (unpaired) electrons. The van der Waals surface area contributed by atoms with Crippen LogP contribution in [0.25, 0.3) is 0 Å². The number of pyridine rings is 1. The Hall–Kier alpha value is -1.02. The van der Waals surface area contributed by atoms with Crippen LogP contribution in [0.2, 0.25) is 5.15 Å². The number of anilines is 1. The van der Waals surface area contributed by atoms with Crippen LogP contribution >= 0.6 is 11.6 Å². The van der Waals surface area contributed by atoms with Gasteiger partial charge in [0.2, 0.25) is 0 Å². The lowest BCUT2D eigenvalue weighted by Gasteiger charge is -2.05. The van der Waals surface area contributed by atoms with Gasteiger partial charge in [-0.15, -0.1) is 0 Å². The van der Waals surface area contributed by atoms with Crippen molar-refractivity contribution in [1.82, 2.24) is 4.98 Å². The molecule has 1 aromatic rings. The van der Waals surface area contributed by atoms with E-state index in [4.69, 9.17) is 11.6 Å². The van der Waals surface area contributed by atoms with Crippen molar-refractivity contribution in [1.29, 1.82) is 0 Å². The van der Waals surface area contributed by atoms with E-state index in [9.17, 15) is 0 Å². The lowest BCUT2D eigenvalue weighted by molar-refractivity contribution is 1.04.